The molecule has 1 aliphatic rings. The molecule has 1 unspecified atom stereocenters. The number of urea groups is 1. The van der Waals surface area contributed by atoms with Gasteiger partial charge < -0.3 is 19.5 Å². The lowest BCUT2D eigenvalue weighted by Gasteiger charge is -2.18. The Hall–Kier alpha value is -2.05. The van der Waals surface area contributed by atoms with E-state index in [-0.39, 0.29) is 12.6 Å². The van der Waals surface area contributed by atoms with Gasteiger partial charge in [-0.25, -0.2) is 4.79 Å². The molecule has 140 valence electrons. The molecule has 1 atom stereocenters. The van der Waals surface area contributed by atoms with E-state index in [1.807, 2.05) is 18.2 Å². The fraction of sp³-hybridized carbons (Fsp3) is 0.474. The van der Waals surface area contributed by atoms with Crippen LogP contribution in [0.15, 0.2) is 34.9 Å². The van der Waals surface area contributed by atoms with Crippen molar-refractivity contribution in [3.8, 4) is 11.3 Å². The van der Waals surface area contributed by atoms with Crippen LogP contribution in [0.3, 0.4) is 0 Å². The van der Waals surface area contributed by atoms with Gasteiger partial charge in [0.25, 0.3) is 0 Å². The van der Waals surface area contributed by atoms with Crippen LogP contribution in [-0.4, -0.2) is 42.4 Å². The van der Waals surface area contributed by atoms with Crippen molar-refractivity contribution in [3.05, 3.63) is 41.1 Å². The summed E-state index contributed by atoms with van der Waals surface area (Å²) in [6, 6.07) is 9.10. The zero-order valence-corrected chi connectivity index (χ0v) is 15.7. The van der Waals surface area contributed by atoms with Crippen LogP contribution in [-0.2, 0) is 11.3 Å². The average molecular weight is 378 g/mol. The first-order valence-electron chi connectivity index (χ1n) is 8.94. The molecule has 0 aliphatic carbocycles. The zero-order valence-electron chi connectivity index (χ0n) is 14.9. The van der Waals surface area contributed by atoms with Crippen molar-refractivity contribution < 1.29 is 14.1 Å². The molecule has 6 nitrogen and oxygen atoms in total. The standard InChI is InChI=1S/C19H24ClN3O3/c1-23(10-4-6-14-7-5-11-25-14)19(24)21-13-15-12-18(22-26-15)16-8-2-3-9-17(16)20/h2-3,8-9,12,14H,4-7,10-11,13H2,1H3,(H,21,24). The molecule has 1 fully saturated rings. The third-order valence-electron chi connectivity index (χ3n) is 4.51. The van der Waals surface area contributed by atoms with E-state index in [9.17, 15) is 4.79 Å². The number of hydrogen-bond donors (Lipinski definition) is 1. The monoisotopic (exact) mass is 377 g/mol. The van der Waals surface area contributed by atoms with Crippen LogP contribution in [0.4, 0.5) is 4.79 Å². The number of halogens is 1. The molecule has 1 N–H and O–H groups in total. The fourth-order valence-corrected chi connectivity index (χ4v) is 3.25. The Balaban J connectivity index is 1.43. The van der Waals surface area contributed by atoms with Crippen molar-refractivity contribution in [1.82, 2.24) is 15.4 Å². The Bertz CT molecular complexity index is 728. The summed E-state index contributed by atoms with van der Waals surface area (Å²) in [6.45, 7) is 1.85. The maximum absolute atomic E-state index is 12.2. The summed E-state index contributed by atoms with van der Waals surface area (Å²) >= 11 is 6.17. The van der Waals surface area contributed by atoms with Crippen LogP contribution in [0.5, 0.6) is 0 Å². The van der Waals surface area contributed by atoms with E-state index >= 15 is 0 Å². The molecule has 0 saturated carbocycles. The zero-order chi connectivity index (χ0) is 18.4. The maximum Gasteiger partial charge on any atom is 0.317 e. The van der Waals surface area contributed by atoms with E-state index in [1.165, 1.54) is 0 Å². The minimum absolute atomic E-state index is 0.131. The molecule has 2 aromatic rings. The van der Waals surface area contributed by atoms with E-state index in [4.69, 9.17) is 20.9 Å². The van der Waals surface area contributed by atoms with Gasteiger partial charge in [0.05, 0.1) is 17.7 Å². The first-order valence-corrected chi connectivity index (χ1v) is 9.32. The highest BCUT2D eigenvalue weighted by atomic mass is 35.5. The van der Waals surface area contributed by atoms with Crippen molar-refractivity contribution in [2.45, 2.75) is 38.3 Å². The van der Waals surface area contributed by atoms with Crippen LogP contribution in [0.25, 0.3) is 11.3 Å². The molecule has 3 rings (SSSR count). The van der Waals surface area contributed by atoms with Crippen LogP contribution in [0, 0.1) is 0 Å². The maximum atomic E-state index is 12.2. The summed E-state index contributed by atoms with van der Waals surface area (Å²) in [6.07, 6.45) is 4.58. The molecule has 0 spiro atoms. The van der Waals surface area contributed by atoms with Crippen LogP contribution in [0.2, 0.25) is 5.02 Å². The lowest BCUT2D eigenvalue weighted by atomic mass is 10.1. The molecule has 1 aliphatic heterocycles. The lowest BCUT2D eigenvalue weighted by molar-refractivity contribution is 0.100. The highest BCUT2D eigenvalue weighted by Crippen LogP contribution is 2.26. The first-order chi connectivity index (χ1) is 12.6. The number of benzene rings is 1. The molecule has 0 radical (unpaired) electrons. The number of carbonyl (C=O) groups is 1. The van der Waals surface area contributed by atoms with Gasteiger partial charge in [0, 0.05) is 31.8 Å². The Morgan fingerprint density at radius 1 is 1.42 bits per heavy atom. The summed E-state index contributed by atoms with van der Waals surface area (Å²) < 4.78 is 10.9. The summed E-state index contributed by atoms with van der Waals surface area (Å²) in [5, 5.41) is 7.48. The lowest BCUT2D eigenvalue weighted by Crippen LogP contribution is -2.37. The normalized spacial score (nSPS) is 16.6. The van der Waals surface area contributed by atoms with Crippen LogP contribution in [0.1, 0.15) is 31.4 Å². The Labute approximate surface area is 158 Å². The molecule has 0 bridgehead atoms. The van der Waals surface area contributed by atoms with E-state index in [1.54, 1.807) is 24.1 Å². The SMILES string of the molecule is CN(CCCC1CCCO1)C(=O)NCc1cc(-c2ccccc2Cl)no1. The minimum Gasteiger partial charge on any atom is -0.378 e. The smallest absolute Gasteiger partial charge is 0.317 e. The molecule has 26 heavy (non-hydrogen) atoms. The van der Waals surface area contributed by atoms with E-state index in [2.05, 4.69) is 10.5 Å². The Morgan fingerprint density at radius 3 is 3.04 bits per heavy atom. The van der Waals surface area contributed by atoms with E-state index in [0.717, 1.165) is 37.9 Å². The second-order valence-electron chi connectivity index (χ2n) is 6.52. The van der Waals surface area contributed by atoms with Crippen molar-refractivity contribution in [2.75, 3.05) is 20.2 Å². The summed E-state index contributed by atoms with van der Waals surface area (Å²) in [4.78, 5) is 13.9. The quantitative estimate of drug-likeness (QED) is 0.788. The minimum atomic E-state index is -0.131. The predicted molar refractivity (Wildman–Crippen MR) is 100 cm³/mol. The van der Waals surface area contributed by atoms with Crippen molar-refractivity contribution in [1.29, 1.82) is 0 Å². The summed E-state index contributed by atoms with van der Waals surface area (Å²) in [5.74, 6) is 0.584. The van der Waals surface area contributed by atoms with E-state index in [0.29, 0.717) is 29.1 Å². The second-order valence-corrected chi connectivity index (χ2v) is 6.92. The number of hydrogen-bond acceptors (Lipinski definition) is 4. The highest BCUT2D eigenvalue weighted by Gasteiger charge is 2.16. The number of aromatic nitrogens is 1. The molecule has 2 heterocycles. The molecule has 1 aromatic carbocycles. The van der Waals surface area contributed by atoms with Gasteiger partial charge in [-0.2, -0.15) is 0 Å². The first kappa shape index (κ1) is 18.7. The number of nitrogens with zero attached hydrogens (tertiary/aromatic N) is 2. The van der Waals surface area contributed by atoms with Crippen molar-refractivity contribution in [3.63, 3.8) is 0 Å². The Morgan fingerprint density at radius 2 is 2.27 bits per heavy atom. The molecular weight excluding hydrogens is 354 g/mol. The molecule has 1 aromatic heterocycles. The summed E-state index contributed by atoms with van der Waals surface area (Å²) in [7, 11) is 1.79. The van der Waals surface area contributed by atoms with Crippen LogP contribution >= 0.6 is 11.6 Å². The largest absolute Gasteiger partial charge is 0.378 e. The van der Waals surface area contributed by atoms with Gasteiger partial charge in [-0.3, -0.25) is 0 Å². The number of ether oxygens (including phenoxy) is 1. The van der Waals surface area contributed by atoms with Gasteiger partial charge in [0.1, 0.15) is 5.69 Å². The number of amides is 2. The van der Waals surface area contributed by atoms with Crippen molar-refractivity contribution >= 4 is 17.6 Å². The predicted octanol–water partition coefficient (Wildman–Crippen LogP) is 4.10. The van der Waals surface area contributed by atoms with E-state index < -0.39 is 0 Å². The number of nitrogens with one attached hydrogen (secondary N) is 1. The third kappa shape index (κ3) is 4.99. The Kier molecular flexibility index (Phi) is 6.52. The topological polar surface area (TPSA) is 67.6 Å². The average Bonchev–Trinajstić information content (AvgIpc) is 3.32. The molecule has 1 saturated heterocycles. The van der Waals surface area contributed by atoms with Gasteiger partial charge in [0.15, 0.2) is 5.76 Å². The highest BCUT2D eigenvalue weighted by molar-refractivity contribution is 6.33. The van der Waals surface area contributed by atoms with Crippen molar-refractivity contribution in [2.24, 2.45) is 0 Å². The summed E-state index contributed by atoms with van der Waals surface area (Å²) in [5.41, 5.74) is 1.46. The van der Waals surface area contributed by atoms with Gasteiger partial charge in [-0.1, -0.05) is 35.0 Å². The second kappa shape index (κ2) is 9.05. The van der Waals surface area contributed by atoms with Gasteiger partial charge >= 0.3 is 6.03 Å². The number of carbonyl (C=O) groups excluding carboxylic acids is 1. The van der Waals surface area contributed by atoms with Gasteiger partial charge in [-0.15, -0.1) is 0 Å². The fourth-order valence-electron chi connectivity index (χ4n) is 3.02. The molecular formula is C19H24ClN3O3. The molecule has 2 amide bonds. The van der Waals surface area contributed by atoms with Crippen LogP contribution < -0.4 is 5.32 Å². The van der Waals surface area contributed by atoms with Gasteiger partial charge in [0.2, 0.25) is 0 Å². The third-order valence-corrected chi connectivity index (χ3v) is 4.84. The van der Waals surface area contributed by atoms with Gasteiger partial charge in [-0.05, 0) is 31.7 Å². The number of rotatable bonds is 7. The molecule has 7 heteroatoms.